The number of hydrogen-bond acceptors (Lipinski definition) is 4. The van der Waals surface area contributed by atoms with Crippen molar-refractivity contribution in [3.8, 4) is 5.88 Å². The molecule has 0 saturated heterocycles. The predicted octanol–water partition coefficient (Wildman–Crippen LogP) is 4.02. The Morgan fingerprint density at radius 3 is 2.72 bits per heavy atom. The second kappa shape index (κ2) is 9.92. The van der Waals surface area contributed by atoms with Gasteiger partial charge in [0, 0.05) is 19.2 Å². The van der Waals surface area contributed by atoms with Gasteiger partial charge >= 0.3 is 0 Å². The highest BCUT2D eigenvalue weighted by atomic mass is 16.5. The molecule has 7 nitrogen and oxygen atoms in total. The molecular formula is C25H38N4O3. The summed E-state index contributed by atoms with van der Waals surface area (Å²) in [5.41, 5.74) is -0.121. The first-order valence-corrected chi connectivity index (χ1v) is 11.7. The lowest BCUT2D eigenvalue weighted by molar-refractivity contribution is -0.120. The number of amides is 2. The van der Waals surface area contributed by atoms with Crippen molar-refractivity contribution < 1.29 is 14.3 Å². The van der Waals surface area contributed by atoms with Crippen molar-refractivity contribution in [3.05, 3.63) is 30.5 Å². The molecule has 1 heterocycles. The van der Waals surface area contributed by atoms with Crippen LogP contribution in [0.3, 0.4) is 0 Å². The molecule has 4 atom stereocenters. The zero-order valence-electron chi connectivity index (χ0n) is 20.1. The van der Waals surface area contributed by atoms with Gasteiger partial charge in [0.1, 0.15) is 5.56 Å². The van der Waals surface area contributed by atoms with Gasteiger partial charge in [-0.3, -0.25) is 9.59 Å². The maximum atomic E-state index is 13.3. The molecule has 2 aliphatic carbocycles. The lowest BCUT2D eigenvalue weighted by Gasteiger charge is -2.31. The molecule has 0 radical (unpaired) electrons. The fourth-order valence-corrected chi connectivity index (χ4v) is 5.15. The minimum Gasteiger partial charge on any atom is -0.477 e. The van der Waals surface area contributed by atoms with Crippen molar-refractivity contribution in [3.63, 3.8) is 0 Å². The van der Waals surface area contributed by atoms with Crippen LogP contribution in [0, 0.1) is 23.7 Å². The van der Waals surface area contributed by atoms with E-state index in [9.17, 15) is 9.59 Å². The summed E-state index contributed by atoms with van der Waals surface area (Å²) in [4.78, 5) is 24.8. The minimum absolute atomic E-state index is 0.114. The van der Waals surface area contributed by atoms with Crippen LogP contribution < -0.4 is 15.4 Å². The van der Waals surface area contributed by atoms with Gasteiger partial charge in [-0.15, -0.1) is 6.58 Å². The number of ether oxygens (including phenoxy) is 1. The molecule has 3 rings (SSSR count). The highest BCUT2D eigenvalue weighted by molar-refractivity contribution is 5.96. The SMILES string of the molecule is C=CCC1C2CC[C@@H](C2)C1NC(=O)c1cnn(/C=C/C(C)(C)NC(C)=O)c1OCC(C)C. The molecule has 1 aromatic rings. The molecule has 1 aromatic heterocycles. The highest BCUT2D eigenvalue weighted by Crippen LogP contribution is 2.50. The Morgan fingerprint density at radius 1 is 1.34 bits per heavy atom. The standard InChI is InChI=1S/C25H38N4O3/c1-7-8-20-18-9-10-19(13-18)22(20)27-23(31)21-14-26-29(24(21)32-15-16(2)3)12-11-25(5,6)28-17(4)30/h7,11-12,14,16,18-20,22H,1,8-10,13,15H2,2-6H3,(H,27,31)(H,28,30)/b12-11+/t18?,19-,20?,22?/m0/s1. The highest BCUT2D eigenvalue weighted by Gasteiger charge is 2.47. The van der Waals surface area contributed by atoms with E-state index in [4.69, 9.17) is 4.74 Å². The first-order chi connectivity index (χ1) is 15.1. The number of carbonyl (C=O) groups excluding carboxylic acids is 2. The topological polar surface area (TPSA) is 85.3 Å². The molecule has 2 amide bonds. The van der Waals surface area contributed by atoms with Gasteiger partial charge in [0.15, 0.2) is 0 Å². The smallest absolute Gasteiger partial charge is 0.258 e. The Morgan fingerprint density at radius 2 is 2.06 bits per heavy atom. The van der Waals surface area contributed by atoms with Crippen LogP contribution in [0.25, 0.3) is 6.20 Å². The molecule has 2 aliphatic rings. The number of allylic oxidation sites excluding steroid dienone is 1. The summed E-state index contributed by atoms with van der Waals surface area (Å²) in [7, 11) is 0. The molecule has 0 aromatic carbocycles. The molecule has 32 heavy (non-hydrogen) atoms. The third-order valence-corrected chi connectivity index (χ3v) is 6.50. The van der Waals surface area contributed by atoms with Gasteiger partial charge in [-0.1, -0.05) is 19.9 Å². The summed E-state index contributed by atoms with van der Waals surface area (Å²) in [6.45, 7) is 13.8. The van der Waals surface area contributed by atoms with Gasteiger partial charge in [-0.05, 0) is 69.3 Å². The maximum Gasteiger partial charge on any atom is 0.258 e. The van der Waals surface area contributed by atoms with Crippen LogP contribution in [-0.2, 0) is 4.79 Å². The second-order valence-corrected chi connectivity index (χ2v) is 10.3. The molecular weight excluding hydrogens is 404 g/mol. The second-order valence-electron chi connectivity index (χ2n) is 10.3. The summed E-state index contributed by atoms with van der Waals surface area (Å²) in [6.07, 6.45) is 11.7. The third kappa shape index (κ3) is 5.61. The average molecular weight is 443 g/mol. The van der Waals surface area contributed by atoms with Gasteiger partial charge in [0.25, 0.3) is 5.91 Å². The summed E-state index contributed by atoms with van der Waals surface area (Å²) < 4.78 is 7.60. The Balaban J connectivity index is 1.81. The maximum absolute atomic E-state index is 13.3. The molecule has 2 saturated carbocycles. The van der Waals surface area contributed by atoms with Gasteiger partial charge in [0.2, 0.25) is 11.8 Å². The number of rotatable bonds is 10. The van der Waals surface area contributed by atoms with E-state index in [0.717, 1.165) is 6.42 Å². The first kappa shape index (κ1) is 24.1. The van der Waals surface area contributed by atoms with E-state index in [1.54, 1.807) is 17.1 Å². The molecule has 7 heteroatoms. The van der Waals surface area contributed by atoms with Gasteiger partial charge in [-0.25, -0.2) is 4.68 Å². The van der Waals surface area contributed by atoms with Crippen LogP contribution in [0.5, 0.6) is 5.88 Å². The normalized spacial score (nSPS) is 24.8. The van der Waals surface area contributed by atoms with Crippen molar-refractivity contribution in [2.45, 2.75) is 71.9 Å². The van der Waals surface area contributed by atoms with Crippen molar-refractivity contribution in [2.75, 3.05) is 6.61 Å². The van der Waals surface area contributed by atoms with E-state index in [2.05, 4.69) is 36.2 Å². The van der Waals surface area contributed by atoms with Crippen LogP contribution in [-0.4, -0.2) is 39.8 Å². The van der Waals surface area contributed by atoms with Crippen LogP contribution >= 0.6 is 0 Å². The molecule has 0 aliphatic heterocycles. The van der Waals surface area contributed by atoms with Crippen LogP contribution in [0.2, 0.25) is 0 Å². The summed E-state index contributed by atoms with van der Waals surface area (Å²) in [6, 6.07) is 0.176. The molecule has 3 unspecified atom stereocenters. The van der Waals surface area contributed by atoms with Crippen molar-refractivity contribution in [1.82, 2.24) is 20.4 Å². The van der Waals surface area contributed by atoms with Gasteiger partial charge in [0.05, 0.1) is 18.3 Å². The van der Waals surface area contributed by atoms with Crippen LogP contribution in [0.4, 0.5) is 0 Å². The number of aromatic nitrogens is 2. The van der Waals surface area contributed by atoms with E-state index in [1.807, 2.05) is 26.0 Å². The average Bonchev–Trinajstić information content (AvgIpc) is 3.39. The van der Waals surface area contributed by atoms with Gasteiger partial charge < -0.3 is 15.4 Å². The van der Waals surface area contributed by atoms with Gasteiger partial charge in [-0.2, -0.15) is 5.10 Å². The van der Waals surface area contributed by atoms with E-state index in [1.165, 1.54) is 26.2 Å². The first-order valence-electron chi connectivity index (χ1n) is 11.7. The fraction of sp³-hybridized carbons (Fsp3) is 0.640. The molecule has 2 fully saturated rings. The lowest BCUT2D eigenvalue weighted by atomic mass is 9.82. The molecule has 2 bridgehead atoms. The van der Waals surface area contributed by atoms with Crippen LogP contribution in [0.1, 0.15) is 70.7 Å². The molecule has 176 valence electrons. The summed E-state index contributed by atoms with van der Waals surface area (Å²) >= 11 is 0. The van der Waals surface area contributed by atoms with Crippen molar-refractivity contribution in [1.29, 1.82) is 0 Å². The number of hydrogen-bond donors (Lipinski definition) is 2. The summed E-state index contributed by atoms with van der Waals surface area (Å²) in [5, 5.41) is 10.6. The minimum atomic E-state index is -0.559. The largest absolute Gasteiger partial charge is 0.477 e. The Labute approximate surface area is 191 Å². The van der Waals surface area contributed by atoms with E-state index < -0.39 is 5.54 Å². The number of nitrogens with zero attached hydrogens (tertiary/aromatic N) is 2. The zero-order chi connectivity index (χ0) is 23.5. The zero-order valence-corrected chi connectivity index (χ0v) is 20.1. The quantitative estimate of drug-likeness (QED) is 0.536. The molecule has 0 spiro atoms. The number of carbonyl (C=O) groups is 2. The van der Waals surface area contributed by atoms with Crippen molar-refractivity contribution >= 4 is 18.0 Å². The Hall–Kier alpha value is -2.57. The van der Waals surface area contributed by atoms with Crippen molar-refractivity contribution in [2.24, 2.45) is 23.7 Å². The third-order valence-electron chi connectivity index (χ3n) is 6.50. The molecule has 2 N–H and O–H groups in total. The predicted molar refractivity (Wildman–Crippen MR) is 126 cm³/mol. The monoisotopic (exact) mass is 442 g/mol. The fourth-order valence-electron chi connectivity index (χ4n) is 5.15. The number of nitrogens with one attached hydrogen (secondary N) is 2. The van der Waals surface area contributed by atoms with E-state index >= 15 is 0 Å². The summed E-state index contributed by atoms with van der Waals surface area (Å²) in [5.74, 6) is 2.16. The van der Waals surface area contributed by atoms with Crippen LogP contribution in [0.15, 0.2) is 24.9 Å². The lowest BCUT2D eigenvalue weighted by Crippen LogP contribution is -2.44. The van der Waals surface area contributed by atoms with E-state index in [-0.39, 0.29) is 17.9 Å². The Kier molecular flexibility index (Phi) is 7.47. The van der Waals surface area contributed by atoms with E-state index in [0.29, 0.717) is 41.7 Å². The Bertz CT molecular complexity index is 871. The number of fused-ring (bicyclic) bond motifs is 2.